The Hall–Kier alpha value is -2.20. The van der Waals surface area contributed by atoms with Crippen molar-refractivity contribution in [3.63, 3.8) is 0 Å². The van der Waals surface area contributed by atoms with E-state index >= 15 is 0 Å². The molecule has 0 unspecified atom stereocenters. The van der Waals surface area contributed by atoms with E-state index in [0.717, 1.165) is 20.8 Å². The van der Waals surface area contributed by atoms with E-state index in [1.54, 1.807) is 0 Å². The van der Waals surface area contributed by atoms with Crippen LogP contribution in [0.4, 0.5) is 0 Å². The summed E-state index contributed by atoms with van der Waals surface area (Å²) < 4.78 is 25.6. The summed E-state index contributed by atoms with van der Waals surface area (Å²) in [6.07, 6.45) is -5.74. The van der Waals surface area contributed by atoms with Gasteiger partial charge in [0.1, 0.15) is 18.9 Å². The van der Waals surface area contributed by atoms with Gasteiger partial charge in [0, 0.05) is 27.7 Å². The molecule has 0 radical (unpaired) electrons. The maximum absolute atomic E-state index is 11.4. The van der Waals surface area contributed by atoms with Crippen LogP contribution in [0.5, 0.6) is 0 Å². The molecule has 0 aromatic carbocycles. The Balaban J connectivity index is 3.11. The fraction of sp³-hybridized carbons (Fsp3) is 0.714. The molecule has 0 bridgehead atoms. The maximum Gasteiger partial charge on any atom is 0.303 e. The maximum atomic E-state index is 11.4. The number of ether oxygens (including phenoxy) is 5. The van der Waals surface area contributed by atoms with Crippen molar-refractivity contribution in [2.24, 2.45) is 5.73 Å². The lowest BCUT2D eigenvalue weighted by Crippen LogP contribution is -2.64. The number of rotatable bonds is 5. The van der Waals surface area contributed by atoms with Gasteiger partial charge in [-0.1, -0.05) is 0 Å². The Morgan fingerprint density at radius 2 is 1.25 bits per heavy atom. The molecule has 5 atom stereocenters. The van der Waals surface area contributed by atoms with Gasteiger partial charge in [0.25, 0.3) is 0 Å². The molecular formula is C14H21NO9. The van der Waals surface area contributed by atoms with Gasteiger partial charge in [0.05, 0.1) is 0 Å². The van der Waals surface area contributed by atoms with E-state index in [0.29, 0.717) is 0 Å². The molecule has 0 aromatic heterocycles. The second-order valence-corrected chi connectivity index (χ2v) is 5.16. The summed E-state index contributed by atoms with van der Waals surface area (Å²) in [5.74, 6) is -2.66. The van der Waals surface area contributed by atoms with Gasteiger partial charge in [0.2, 0.25) is 0 Å². The van der Waals surface area contributed by atoms with Crippen molar-refractivity contribution >= 4 is 23.9 Å². The monoisotopic (exact) mass is 347 g/mol. The van der Waals surface area contributed by atoms with Crippen molar-refractivity contribution in [3.8, 4) is 0 Å². The second kappa shape index (κ2) is 8.60. The normalized spacial score (nSPS) is 29.3. The Morgan fingerprint density at radius 3 is 1.71 bits per heavy atom. The number of hydrogen-bond donors (Lipinski definition) is 1. The van der Waals surface area contributed by atoms with Gasteiger partial charge < -0.3 is 29.4 Å². The van der Waals surface area contributed by atoms with E-state index < -0.39 is 54.5 Å². The molecular weight excluding hydrogens is 326 g/mol. The predicted octanol–water partition coefficient (Wildman–Crippen LogP) is -0.972. The predicted molar refractivity (Wildman–Crippen MR) is 76.1 cm³/mol. The van der Waals surface area contributed by atoms with Crippen LogP contribution in [0.2, 0.25) is 0 Å². The van der Waals surface area contributed by atoms with E-state index in [1.165, 1.54) is 6.92 Å². The minimum absolute atomic E-state index is 0.286. The van der Waals surface area contributed by atoms with E-state index in [1.807, 2.05) is 0 Å². The molecule has 0 spiro atoms. The van der Waals surface area contributed by atoms with E-state index in [9.17, 15) is 19.2 Å². The van der Waals surface area contributed by atoms with Crippen LogP contribution in [0.25, 0.3) is 0 Å². The summed E-state index contributed by atoms with van der Waals surface area (Å²) >= 11 is 0. The van der Waals surface area contributed by atoms with Gasteiger partial charge >= 0.3 is 23.9 Å². The minimum atomic E-state index is -1.21. The van der Waals surface area contributed by atoms with E-state index in [-0.39, 0.29) is 6.61 Å². The molecule has 1 fully saturated rings. The summed E-state index contributed by atoms with van der Waals surface area (Å²) in [5.41, 5.74) is 5.81. The van der Waals surface area contributed by atoms with Crippen molar-refractivity contribution < 1.29 is 42.9 Å². The Labute approximate surface area is 138 Å². The van der Waals surface area contributed by atoms with Crippen LogP contribution in [0.3, 0.4) is 0 Å². The van der Waals surface area contributed by atoms with Crippen molar-refractivity contribution in [1.82, 2.24) is 0 Å². The van der Waals surface area contributed by atoms with Crippen molar-refractivity contribution in [3.05, 3.63) is 0 Å². The summed E-state index contributed by atoms with van der Waals surface area (Å²) in [4.78, 5) is 45.0. The van der Waals surface area contributed by atoms with Crippen LogP contribution in [0.15, 0.2) is 0 Å². The summed E-state index contributed by atoms with van der Waals surface area (Å²) in [6, 6.07) is 0. The van der Waals surface area contributed by atoms with Crippen molar-refractivity contribution in [1.29, 1.82) is 0 Å². The highest BCUT2D eigenvalue weighted by Gasteiger charge is 2.51. The molecule has 1 heterocycles. The summed E-state index contributed by atoms with van der Waals surface area (Å²) in [6.45, 7) is 4.32. The van der Waals surface area contributed by atoms with Gasteiger partial charge in [-0.3, -0.25) is 19.2 Å². The van der Waals surface area contributed by atoms with E-state index in [4.69, 9.17) is 29.4 Å². The van der Waals surface area contributed by atoms with Crippen LogP contribution in [-0.2, 0) is 42.9 Å². The molecule has 0 saturated carbocycles. The topological polar surface area (TPSA) is 140 Å². The molecule has 1 aliphatic heterocycles. The third kappa shape index (κ3) is 5.78. The number of hydrogen-bond acceptors (Lipinski definition) is 10. The molecule has 136 valence electrons. The third-order valence-corrected chi connectivity index (χ3v) is 3.03. The molecule has 10 heteroatoms. The standard InChI is InChI=1S/C14H21NO9/c1-6(16)20-5-10-11(21-7(2)17)12(22-8(3)18)13(14(15)24-10)23-9(4)19/h10-14H,5,15H2,1-4H3/t10-,11-,12+,13-,14+/m0/s1. The number of carbonyl (C=O) groups is 4. The Morgan fingerprint density at radius 1 is 0.792 bits per heavy atom. The third-order valence-electron chi connectivity index (χ3n) is 3.03. The zero-order valence-electron chi connectivity index (χ0n) is 13.8. The highest BCUT2D eigenvalue weighted by atomic mass is 16.7. The largest absolute Gasteiger partial charge is 0.463 e. The first-order valence-corrected chi connectivity index (χ1v) is 7.18. The zero-order chi connectivity index (χ0) is 18.4. The molecule has 1 aliphatic rings. The fourth-order valence-corrected chi connectivity index (χ4v) is 2.26. The first kappa shape index (κ1) is 19.8. The molecule has 1 rings (SSSR count). The molecule has 0 aromatic rings. The number of esters is 4. The first-order chi connectivity index (χ1) is 11.1. The van der Waals surface area contributed by atoms with Crippen molar-refractivity contribution in [2.75, 3.05) is 6.61 Å². The summed E-state index contributed by atoms with van der Waals surface area (Å²) in [5, 5.41) is 0. The zero-order valence-corrected chi connectivity index (χ0v) is 13.8. The van der Waals surface area contributed by atoms with Gasteiger partial charge in [-0.2, -0.15) is 0 Å². The SMILES string of the molecule is CC(=O)OC[C@@H]1O[C@@H](N)[C@@H](OC(C)=O)[C@H](OC(C)=O)[C@H]1OC(C)=O. The van der Waals surface area contributed by atoms with E-state index in [2.05, 4.69) is 0 Å². The van der Waals surface area contributed by atoms with Crippen LogP contribution in [0, 0.1) is 0 Å². The van der Waals surface area contributed by atoms with Crippen molar-refractivity contribution in [2.45, 2.75) is 58.3 Å². The molecule has 24 heavy (non-hydrogen) atoms. The van der Waals surface area contributed by atoms with Gasteiger partial charge in [0.15, 0.2) is 18.3 Å². The Bertz CT molecular complexity index is 506. The summed E-state index contributed by atoms with van der Waals surface area (Å²) in [7, 11) is 0. The van der Waals surface area contributed by atoms with Crippen LogP contribution in [-0.4, -0.2) is 61.1 Å². The lowest BCUT2D eigenvalue weighted by Gasteiger charge is -2.43. The van der Waals surface area contributed by atoms with Crippen LogP contribution in [0.1, 0.15) is 27.7 Å². The van der Waals surface area contributed by atoms with Gasteiger partial charge in [-0.15, -0.1) is 0 Å². The average molecular weight is 347 g/mol. The number of carbonyl (C=O) groups excluding carboxylic acids is 4. The lowest BCUT2D eigenvalue weighted by molar-refractivity contribution is -0.251. The molecule has 0 aliphatic carbocycles. The minimum Gasteiger partial charge on any atom is -0.463 e. The van der Waals surface area contributed by atoms with Crippen LogP contribution < -0.4 is 5.73 Å². The lowest BCUT2D eigenvalue weighted by atomic mass is 9.97. The first-order valence-electron chi connectivity index (χ1n) is 7.18. The quantitative estimate of drug-likeness (QED) is 0.487. The molecule has 1 saturated heterocycles. The van der Waals surface area contributed by atoms with Gasteiger partial charge in [-0.05, 0) is 0 Å². The number of nitrogens with two attached hydrogens (primary N) is 1. The van der Waals surface area contributed by atoms with Crippen LogP contribution >= 0.6 is 0 Å². The second-order valence-electron chi connectivity index (χ2n) is 5.16. The molecule has 2 N–H and O–H groups in total. The molecule has 0 amide bonds. The highest BCUT2D eigenvalue weighted by Crippen LogP contribution is 2.27. The average Bonchev–Trinajstić information content (AvgIpc) is 2.42. The Kier molecular flexibility index (Phi) is 7.11. The smallest absolute Gasteiger partial charge is 0.303 e. The highest BCUT2D eigenvalue weighted by molar-refractivity contribution is 5.68. The van der Waals surface area contributed by atoms with Gasteiger partial charge in [-0.25, -0.2) is 0 Å². The molecule has 10 nitrogen and oxygen atoms in total. The fourth-order valence-electron chi connectivity index (χ4n) is 2.26.